The molecule has 0 fully saturated rings. The molecule has 0 atom stereocenters. The van der Waals surface area contributed by atoms with Gasteiger partial charge in [0.15, 0.2) is 0 Å². The summed E-state index contributed by atoms with van der Waals surface area (Å²) >= 11 is 0. The van der Waals surface area contributed by atoms with Crippen LogP contribution in [0.2, 0.25) is 0 Å². The summed E-state index contributed by atoms with van der Waals surface area (Å²) in [7, 11) is 1.53. The lowest BCUT2D eigenvalue weighted by Crippen LogP contribution is -1.81. The van der Waals surface area contributed by atoms with Crippen molar-refractivity contribution in [2.45, 2.75) is 0 Å². The first kappa shape index (κ1) is 6.08. The van der Waals surface area contributed by atoms with E-state index in [1.807, 2.05) is 0 Å². The second-order valence-corrected chi connectivity index (χ2v) is 1.58. The molecule has 0 aliphatic heterocycles. The fourth-order valence-electron chi connectivity index (χ4n) is 0.519. The Kier molecular flexibility index (Phi) is 1.68. The molecule has 47 valence electrons. The Hall–Kier alpha value is -1.05. The van der Waals surface area contributed by atoms with E-state index in [1.165, 1.54) is 19.2 Å². The molecule has 1 radical (unpaired) electrons. The van der Waals surface area contributed by atoms with E-state index in [1.54, 1.807) is 6.07 Å². The molecule has 0 amide bonds. The third kappa shape index (κ3) is 1.42. The molecule has 1 aromatic carbocycles. The van der Waals surface area contributed by atoms with Crippen LogP contribution in [0.15, 0.2) is 18.2 Å². The molecule has 2 heteroatoms. The quantitative estimate of drug-likeness (QED) is 0.554. The van der Waals surface area contributed by atoms with Gasteiger partial charge in [0.2, 0.25) is 0 Å². The highest BCUT2D eigenvalue weighted by Gasteiger charge is 1.89. The second kappa shape index (κ2) is 2.49. The van der Waals surface area contributed by atoms with Crippen LogP contribution in [0.4, 0.5) is 4.39 Å². The van der Waals surface area contributed by atoms with Crippen LogP contribution in [-0.2, 0) is 0 Å². The highest BCUT2D eigenvalue weighted by Crippen LogP contribution is 2.08. The summed E-state index contributed by atoms with van der Waals surface area (Å²) in [6.07, 6.45) is 0. The molecule has 0 unspecified atom stereocenters. The van der Waals surface area contributed by atoms with Crippen LogP contribution in [0, 0.1) is 11.9 Å². The lowest BCUT2D eigenvalue weighted by Gasteiger charge is -1.95. The van der Waals surface area contributed by atoms with Crippen LogP contribution in [0.25, 0.3) is 0 Å². The van der Waals surface area contributed by atoms with Crippen LogP contribution in [0.3, 0.4) is 0 Å². The maximum Gasteiger partial charge on any atom is 0.131 e. The average Bonchev–Trinajstić information content (AvgIpc) is 1.90. The minimum atomic E-state index is -0.365. The van der Waals surface area contributed by atoms with Crippen molar-refractivity contribution in [1.29, 1.82) is 0 Å². The molecule has 0 saturated heterocycles. The van der Waals surface area contributed by atoms with E-state index in [-0.39, 0.29) is 5.82 Å². The van der Waals surface area contributed by atoms with Crippen molar-refractivity contribution < 1.29 is 9.13 Å². The molecule has 1 aromatic rings. The maximum absolute atomic E-state index is 12.1. The molecule has 9 heavy (non-hydrogen) atoms. The third-order valence-electron chi connectivity index (χ3n) is 0.982. The van der Waals surface area contributed by atoms with Gasteiger partial charge in [0.05, 0.1) is 7.11 Å². The highest BCUT2D eigenvalue weighted by molar-refractivity contribution is 5.20. The van der Waals surface area contributed by atoms with E-state index in [0.29, 0.717) is 5.75 Å². The zero-order chi connectivity index (χ0) is 6.69. The maximum atomic E-state index is 12.1. The van der Waals surface area contributed by atoms with E-state index in [9.17, 15) is 4.39 Å². The van der Waals surface area contributed by atoms with E-state index >= 15 is 0 Å². The van der Waals surface area contributed by atoms with Gasteiger partial charge in [-0.1, -0.05) is 0 Å². The number of rotatable bonds is 1. The van der Waals surface area contributed by atoms with Gasteiger partial charge in [-0.3, -0.25) is 0 Å². The Bertz CT molecular complexity index is 181. The first-order valence-corrected chi connectivity index (χ1v) is 2.54. The minimum Gasteiger partial charge on any atom is -0.497 e. The van der Waals surface area contributed by atoms with Crippen molar-refractivity contribution in [1.82, 2.24) is 0 Å². The summed E-state index contributed by atoms with van der Waals surface area (Å²) in [4.78, 5) is 0. The van der Waals surface area contributed by atoms with Crippen LogP contribution >= 0.6 is 0 Å². The van der Waals surface area contributed by atoms with Gasteiger partial charge in [0.1, 0.15) is 11.6 Å². The predicted molar refractivity (Wildman–Crippen MR) is 31.8 cm³/mol. The SMILES string of the molecule is COc1c[c]c(F)cc1. The molecule has 0 aromatic heterocycles. The molecular formula is C7H6FO. The third-order valence-corrected chi connectivity index (χ3v) is 0.982. The normalized spacial score (nSPS) is 9.11. The van der Waals surface area contributed by atoms with Gasteiger partial charge in [-0.15, -0.1) is 0 Å². The molecule has 1 rings (SSSR count). The van der Waals surface area contributed by atoms with Gasteiger partial charge in [0.25, 0.3) is 0 Å². The lowest BCUT2D eigenvalue weighted by atomic mass is 10.3. The Labute approximate surface area is 53.1 Å². The molecule has 0 aliphatic carbocycles. The van der Waals surface area contributed by atoms with Gasteiger partial charge in [-0.05, 0) is 18.2 Å². The van der Waals surface area contributed by atoms with Crippen molar-refractivity contribution in [3.63, 3.8) is 0 Å². The van der Waals surface area contributed by atoms with Gasteiger partial charge in [-0.25, -0.2) is 4.39 Å². The molecule has 0 spiro atoms. The summed E-state index contributed by atoms with van der Waals surface area (Å²) < 4.78 is 16.9. The highest BCUT2D eigenvalue weighted by atomic mass is 19.1. The molecule has 0 saturated carbocycles. The van der Waals surface area contributed by atoms with E-state index in [0.717, 1.165) is 0 Å². The Morgan fingerprint density at radius 3 is 2.78 bits per heavy atom. The van der Waals surface area contributed by atoms with Gasteiger partial charge in [-0.2, -0.15) is 0 Å². The zero-order valence-corrected chi connectivity index (χ0v) is 5.02. The summed E-state index contributed by atoms with van der Waals surface area (Å²) in [6, 6.07) is 6.66. The topological polar surface area (TPSA) is 9.23 Å². The summed E-state index contributed by atoms with van der Waals surface area (Å²) in [6.45, 7) is 0. The zero-order valence-electron chi connectivity index (χ0n) is 5.02. The Morgan fingerprint density at radius 1 is 1.56 bits per heavy atom. The molecule has 0 aliphatic rings. The molecule has 0 N–H and O–H groups in total. The van der Waals surface area contributed by atoms with Crippen LogP contribution < -0.4 is 4.74 Å². The molecule has 0 heterocycles. The summed E-state index contributed by atoms with van der Waals surface area (Å²) in [5.74, 6) is 0.257. The number of ether oxygens (including phenoxy) is 1. The van der Waals surface area contributed by atoms with E-state index < -0.39 is 0 Å². The lowest BCUT2D eigenvalue weighted by molar-refractivity contribution is 0.413. The standard InChI is InChI=1S/C7H6FO/c1-9-7-4-2-6(8)3-5-7/h2,4-5H,1H3. The van der Waals surface area contributed by atoms with Crippen molar-refractivity contribution in [2.75, 3.05) is 7.11 Å². The van der Waals surface area contributed by atoms with Crippen molar-refractivity contribution >= 4 is 0 Å². The van der Waals surface area contributed by atoms with Gasteiger partial charge >= 0.3 is 0 Å². The van der Waals surface area contributed by atoms with Crippen LogP contribution in [-0.4, -0.2) is 7.11 Å². The monoisotopic (exact) mass is 125 g/mol. The number of hydrogen-bond acceptors (Lipinski definition) is 1. The van der Waals surface area contributed by atoms with Crippen molar-refractivity contribution in [3.05, 3.63) is 30.1 Å². The van der Waals surface area contributed by atoms with Crippen LogP contribution in [0.1, 0.15) is 0 Å². The Morgan fingerprint density at radius 2 is 2.33 bits per heavy atom. The number of halogens is 1. The van der Waals surface area contributed by atoms with Gasteiger partial charge < -0.3 is 4.74 Å². The summed E-state index contributed by atoms with van der Waals surface area (Å²) in [5.41, 5.74) is 0. The first-order chi connectivity index (χ1) is 4.33. The smallest absolute Gasteiger partial charge is 0.131 e. The van der Waals surface area contributed by atoms with Crippen molar-refractivity contribution in [2.24, 2.45) is 0 Å². The Balaban J connectivity index is 2.88. The predicted octanol–water partition coefficient (Wildman–Crippen LogP) is 1.63. The number of hydrogen-bond donors (Lipinski definition) is 0. The number of benzene rings is 1. The van der Waals surface area contributed by atoms with Crippen molar-refractivity contribution in [3.8, 4) is 5.75 Å². The largest absolute Gasteiger partial charge is 0.497 e. The minimum absolute atomic E-state index is 0.365. The fraction of sp³-hybridized carbons (Fsp3) is 0.143. The number of methoxy groups -OCH3 is 1. The van der Waals surface area contributed by atoms with E-state index in [4.69, 9.17) is 4.74 Å². The van der Waals surface area contributed by atoms with Crippen LogP contribution in [0.5, 0.6) is 5.75 Å². The fourth-order valence-corrected chi connectivity index (χ4v) is 0.519. The summed E-state index contributed by atoms with van der Waals surface area (Å²) in [5, 5.41) is 0. The second-order valence-electron chi connectivity index (χ2n) is 1.58. The van der Waals surface area contributed by atoms with E-state index in [2.05, 4.69) is 6.07 Å². The van der Waals surface area contributed by atoms with Gasteiger partial charge in [0, 0.05) is 6.07 Å². The molecular weight excluding hydrogens is 119 g/mol. The molecule has 0 bridgehead atoms. The average molecular weight is 125 g/mol. The molecule has 1 nitrogen and oxygen atoms in total. The first-order valence-electron chi connectivity index (χ1n) is 2.54.